The van der Waals surface area contributed by atoms with E-state index in [1.807, 2.05) is 67.6 Å². The van der Waals surface area contributed by atoms with E-state index in [-0.39, 0.29) is 12.5 Å². The van der Waals surface area contributed by atoms with Gasteiger partial charge >= 0.3 is 0 Å². The molecule has 0 spiro atoms. The molecule has 0 fully saturated rings. The predicted molar refractivity (Wildman–Crippen MR) is 101 cm³/mol. The third-order valence-corrected chi connectivity index (χ3v) is 4.18. The van der Waals surface area contributed by atoms with Crippen LogP contribution in [0.3, 0.4) is 0 Å². The van der Waals surface area contributed by atoms with Gasteiger partial charge in [-0.25, -0.2) is 0 Å². The van der Waals surface area contributed by atoms with Crippen molar-refractivity contribution in [1.29, 1.82) is 0 Å². The van der Waals surface area contributed by atoms with Gasteiger partial charge in [0.1, 0.15) is 0 Å². The first kappa shape index (κ1) is 16.9. The summed E-state index contributed by atoms with van der Waals surface area (Å²) in [5.41, 5.74) is 5.77. The molecule has 3 rings (SSSR count). The van der Waals surface area contributed by atoms with Crippen molar-refractivity contribution in [2.75, 3.05) is 5.32 Å². The Kier molecular flexibility index (Phi) is 5.26. The molecule has 3 nitrogen and oxygen atoms in total. The van der Waals surface area contributed by atoms with E-state index in [0.717, 1.165) is 33.5 Å². The Morgan fingerprint density at radius 1 is 0.880 bits per heavy atom. The summed E-state index contributed by atoms with van der Waals surface area (Å²) in [6.07, 6.45) is 0.317. The minimum Gasteiger partial charge on any atom is -0.392 e. The molecule has 126 valence electrons. The maximum atomic E-state index is 12.3. The highest BCUT2D eigenvalue weighted by Crippen LogP contribution is 2.20. The Labute approximate surface area is 148 Å². The highest BCUT2D eigenvalue weighted by atomic mass is 16.3. The summed E-state index contributed by atoms with van der Waals surface area (Å²) in [6, 6.07) is 23.8. The number of nitrogens with one attached hydrogen (secondary N) is 1. The first-order valence-electron chi connectivity index (χ1n) is 8.30. The fourth-order valence-corrected chi connectivity index (χ4v) is 2.73. The zero-order valence-electron chi connectivity index (χ0n) is 14.2. The van der Waals surface area contributed by atoms with Crippen LogP contribution in [-0.4, -0.2) is 11.0 Å². The lowest BCUT2D eigenvalue weighted by Crippen LogP contribution is -2.15. The predicted octanol–water partition coefficient (Wildman–Crippen LogP) is 4.34. The summed E-state index contributed by atoms with van der Waals surface area (Å²) in [6.45, 7) is 1.90. The molecule has 0 saturated carbocycles. The van der Waals surface area contributed by atoms with Gasteiger partial charge in [0.05, 0.1) is 13.0 Å². The number of rotatable bonds is 5. The minimum absolute atomic E-state index is 0.0376. The molecular weight excluding hydrogens is 310 g/mol. The van der Waals surface area contributed by atoms with Crippen LogP contribution in [0.4, 0.5) is 5.69 Å². The Hall–Kier alpha value is -2.91. The van der Waals surface area contributed by atoms with Crippen LogP contribution in [0.2, 0.25) is 0 Å². The van der Waals surface area contributed by atoms with Crippen LogP contribution < -0.4 is 5.32 Å². The molecule has 0 aliphatic carbocycles. The van der Waals surface area contributed by atoms with Crippen LogP contribution in [0.15, 0.2) is 72.8 Å². The lowest BCUT2D eigenvalue weighted by Gasteiger charge is -2.10. The van der Waals surface area contributed by atoms with E-state index >= 15 is 0 Å². The molecule has 3 aromatic rings. The van der Waals surface area contributed by atoms with Gasteiger partial charge in [0.25, 0.3) is 0 Å². The SMILES string of the molecule is Cc1ccc(CO)cc1NC(=O)Cc1ccc(-c2ccccc2)cc1. The van der Waals surface area contributed by atoms with Crippen LogP contribution in [0.25, 0.3) is 11.1 Å². The summed E-state index contributed by atoms with van der Waals surface area (Å²) in [4.78, 5) is 12.3. The molecule has 3 heteroatoms. The molecule has 0 atom stereocenters. The number of hydrogen-bond donors (Lipinski definition) is 2. The normalized spacial score (nSPS) is 10.5. The topological polar surface area (TPSA) is 49.3 Å². The second-order valence-corrected chi connectivity index (χ2v) is 6.10. The first-order valence-corrected chi connectivity index (χ1v) is 8.30. The number of anilines is 1. The molecule has 0 aliphatic rings. The molecule has 2 N–H and O–H groups in total. The highest BCUT2D eigenvalue weighted by Gasteiger charge is 2.07. The van der Waals surface area contributed by atoms with Gasteiger partial charge in [0, 0.05) is 5.69 Å². The average Bonchev–Trinajstić information content (AvgIpc) is 2.65. The van der Waals surface area contributed by atoms with Crippen LogP contribution >= 0.6 is 0 Å². The number of carbonyl (C=O) groups excluding carboxylic acids is 1. The summed E-state index contributed by atoms with van der Waals surface area (Å²) in [7, 11) is 0. The fourth-order valence-electron chi connectivity index (χ4n) is 2.73. The van der Waals surface area contributed by atoms with Gasteiger partial charge in [0.2, 0.25) is 5.91 Å². The summed E-state index contributed by atoms with van der Waals surface area (Å²) >= 11 is 0. The molecule has 0 saturated heterocycles. The van der Waals surface area contributed by atoms with Gasteiger partial charge < -0.3 is 10.4 Å². The van der Waals surface area contributed by atoms with Gasteiger partial charge in [0.15, 0.2) is 0 Å². The average molecular weight is 331 g/mol. The van der Waals surface area contributed by atoms with E-state index in [1.165, 1.54) is 0 Å². The monoisotopic (exact) mass is 331 g/mol. The Bertz CT molecular complexity index is 855. The first-order chi connectivity index (χ1) is 12.2. The van der Waals surface area contributed by atoms with Crippen LogP contribution in [0.5, 0.6) is 0 Å². The summed E-state index contributed by atoms with van der Waals surface area (Å²) in [5, 5.41) is 12.2. The largest absolute Gasteiger partial charge is 0.392 e. The maximum absolute atomic E-state index is 12.3. The van der Waals surface area contributed by atoms with Gasteiger partial charge in [-0.15, -0.1) is 0 Å². The van der Waals surface area contributed by atoms with Crippen molar-refractivity contribution < 1.29 is 9.90 Å². The molecule has 0 radical (unpaired) electrons. The van der Waals surface area contributed by atoms with E-state index in [9.17, 15) is 9.90 Å². The van der Waals surface area contributed by atoms with Crippen LogP contribution in [0, 0.1) is 6.92 Å². The van der Waals surface area contributed by atoms with Crippen molar-refractivity contribution in [3.63, 3.8) is 0 Å². The molecule has 0 aliphatic heterocycles. The zero-order valence-corrected chi connectivity index (χ0v) is 14.2. The molecular formula is C22H21NO2. The van der Waals surface area contributed by atoms with Crippen molar-refractivity contribution in [3.8, 4) is 11.1 Å². The van der Waals surface area contributed by atoms with E-state index < -0.39 is 0 Å². The van der Waals surface area contributed by atoms with Crippen molar-refractivity contribution in [3.05, 3.63) is 89.5 Å². The standard InChI is InChI=1S/C22H21NO2/c1-16-7-8-18(15-24)13-21(16)23-22(25)14-17-9-11-20(12-10-17)19-5-3-2-4-6-19/h2-13,24H,14-15H2,1H3,(H,23,25). The minimum atomic E-state index is -0.0642. The van der Waals surface area contributed by atoms with Crippen LogP contribution in [-0.2, 0) is 17.8 Å². The summed E-state index contributed by atoms with van der Waals surface area (Å²) in [5.74, 6) is -0.0642. The molecule has 0 unspecified atom stereocenters. The number of aryl methyl sites for hydroxylation is 1. The van der Waals surface area contributed by atoms with Crippen molar-refractivity contribution in [2.24, 2.45) is 0 Å². The van der Waals surface area contributed by atoms with Crippen molar-refractivity contribution in [2.45, 2.75) is 20.0 Å². The molecule has 0 aromatic heterocycles. The summed E-state index contributed by atoms with van der Waals surface area (Å²) < 4.78 is 0. The number of hydrogen-bond acceptors (Lipinski definition) is 2. The highest BCUT2D eigenvalue weighted by molar-refractivity contribution is 5.93. The Morgan fingerprint density at radius 3 is 2.20 bits per heavy atom. The van der Waals surface area contributed by atoms with E-state index in [0.29, 0.717) is 6.42 Å². The van der Waals surface area contributed by atoms with E-state index in [2.05, 4.69) is 17.4 Å². The van der Waals surface area contributed by atoms with Crippen molar-refractivity contribution in [1.82, 2.24) is 0 Å². The van der Waals surface area contributed by atoms with Crippen LogP contribution in [0.1, 0.15) is 16.7 Å². The van der Waals surface area contributed by atoms with E-state index in [4.69, 9.17) is 0 Å². The molecule has 0 heterocycles. The number of aliphatic hydroxyl groups excluding tert-OH is 1. The lowest BCUT2D eigenvalue weighted by molar-refractivity contribution is -0.115. The molecule has 0 bridgehead atoms. The van der Waals surface area contributed by atoms with Gasteiger partial charge in [-0.05, 0) is 40.8 Å². The lowest BCUT2D eigenvalue weighted by atomic mass is 10.0. The van der Waals surface area contributed by atoms with Crippen molar-refractivity contribution >= 4 is 11.6 Å². The van der Waals surface area contributed by atoms with E-state index in [1.54, 1.807) is 0 Å². The third kappa shape index (κ3) is 4.34. The molecule has 1 amide bonds. The third-order valence-electron chi connectivity index (χ3n) is 4.18. The number of aliphatic hydroxyl groups is 1. The molecule has 25 heavy (non-hydrogen) atoms. The second kappa shape index (κ2) is 7.77. The molecule has 3 aromatic carbocycles. The fraction of sp³-hybridized carbons (Fsp3) is 0.136. The quantitative estimate of drug-likeness (QED) is 0.731. The Balaban J connectivity index is 1.67. The van der Waals surface area contributed by atoms with Gasteiger partial charge in [-0.3, -0.25) is 4.79 Å². The Morgan fingerprint density at radius 2 is 1.52 bits per heavy atom. The van der Waals surface area contributed by atoms with Gasteiger partial charge in [-0.2, -0.15) is 0 Å². The smallest absolute Gasteiger partial charge is 0.228 e. The number of benzene rings is 3. The maximum Gasteiger partial charge on any atom is 0.228 e. The number of amides is 1. The number of carbonyl (C=O) groups is 1. The van der Waals surface area contributed by atoms with Gasteiger partial charge in [-0.1, -0.05) is 66.7 Å². The second-order valence-electron chi connectivity index (χ2n) is 6.10. The zero-order chi connectivity index (χ0) is 17.6.